The normalized spacial score (nSPS) is 17.2. The van der Waals surface area contributed by atoms with Crippen molar-refractivity contribution in [2.45, 2.75) is 18.9 Å². The summed E-state index contributed by atoms with van der Waals surface area (Å²) in [5.74, 6) is -0.0351. The minimum absolute atomic E-state index is 0.0464. The van der Waals surface area contributed by atoms with Crippen molar-refractivity contribution in [3.05, 3.63) is 65.2 Å². The minimum atomic E-state index is -0.916. The third-order valence-electron chi connectivity index (χ3n) is 5.46. The summed E-state index contributed by atoms with van der Waals surface area (Å²) < 4.78 is 5.82. The smallest absolute Gasteiger partial charge is 0.291 e. The average Bonchev–Trinajstić information content (AvgIpc) is 3.38. The fourth-order valence-corrected chi connectivity index (χ4v) is 3.81. The second-order valence-electron chi connectivity index (χ2n) is 7.70. The number of amides is 3. The molecule has 0 saturated heterocycles. The van der Waals surface area contributed by atoms with E-state index in [1.54, 1.807) is 19.2 Å². The van der Waals surface area contributed by atoms with E-state index in [1.807, 2.05) is 30.3 Å². The molecule has 32 heavy (non-hydrogen) atoms. The van der Waals surface area contributed by atoms with Crippen LogP contribution in [-0.2, 0) is 22.4 Å². The van der Waals surface area contributed by atoms with Crippen molar-refractivity contribution >= 4 is 29.1 Å². The van der Waals surface area contributed by atoms with Crippen molar-refractivity contribution in [1.29, 1.82) is 0 Å². The molecule has 0 unspecified atom stereocenters. The molecular weight excluding hydrogens is 412 g/mol. The number of H-pyrrole nitrogens is 1. The van der Waals surface area contributed by atoms with Crippen LogP contribution >= 0.6 is 0 Å². The number of ether oxygens (including phenoxy) is 1. The van der Waals surface area contributed by atoms with E-state index in [1.165, 1.54) is 4.90 Å². The van der Waals surface area contributed by atoms with Gasteiger partial charge >= 0.3 is 0 Å². The molecule has 10 nitrogen and oxygen atoms in total. The maximum absolute atomic E-state index is 13.0. The highest BCUT2D eigenvalue weighted by atomic mass is 16.5. The Morgan fingerprint density at radius 3 is 2.88 bits per heavy atom. The molecular formula is C22H20N6O4. The average molecular weight is 432 g/mol. The molecule has 0 aliphatic carbocycles. The van der Waals surface area contributed by atoms with Crippen molar-refractivity contribution in [3.63, 3.8) is 0 Å². The van der Waals surface area contributed by atoms with Gasteiger partial charge in [0.25, 0.3) is 11.8 Å². The van der Waals surface area contributed by atoms with Gasteiger partial charge in [-0.3, -0.25) is 19.5 Å². The van der Waals surface area contributed by atoms with Gasteiger partial charge in [-0.15, -0.1) is 5.10 Å². The zero-order chi connectivity index (χ0) is 22.2. The Hall–Kier alpha value is -4.21. The van der Waals surface area contributed by atoms with Crippen molar-refractivity contribution in [2.24, 2.45) is 0 Å². The van der Waals surface area contributed by atoms with Crippen LogP contribution in [0.25, 0.3) is 0 Å². The van der Waals surface area contributed by atoms with E-state index in [9.17, 15) is 14.4 Å². The summed E-state index contributed by atoms with van der Waals surface area (Å²) in [5, 5.41) is 12.2. The third-order valence-corrected chi connectivity index (χ3v) is 5.46. The lowest BCUT2D eigenvalue weighted by Gasteiger charge is -2.20. The molecule has 0 saturated carbocycles. The molecule has 0 radical (unpaired) electrons. The molecule has 3 aromatic rings. The fourth-order valence-electron chi connectivity index (χ4n) is 3.81. The topological polar surface area (TPSA) is 129 Å². The summed E-state index contributed by atoms with van der Waals surface area (Å²) in [5.41, 5.74) is 3.02. The van der Waals surface area contributed by atoms with E-state index in [0.717, 1.165) is 11.1 Å². The molecule has 0 fully saturated rings. The van der Waals surface area contributed by atoms with E-state index in [0.29, 0.717) is 29.4 Å². The Morgan fingerprint density at radius 1 is 1.25 bits per heavy atom. The summed E-state index contributed by atoms with van der Waals surface area (Å²) in [7, 11) is 1.60. The molecule has 1 atom stereocenters. The number of rotatable bonds is 4. The number of carbonyl (C=O) groups excluding carboxylic acids is 3. The van der Waals surface area contributed by atoms with Gasteiger partial charge < -0.3 is 20.3 Å². The van der Waals surface area contributed by atoms with Crippen LogP contribution in [0.3, 0.4) is 0 Å². The standard InChI is InChI=1S/C22H20N6O4/c1-28-16-10-14-13(9-19(29)23-14)8-17(16)32-11-15(22(28)31)24-21(30)20-25-18(26-27-20)7-12-5-3-2-4-6-12/h2-6,8,10,15H,7,9,11H2,1H3,(H,23,29)(H,24,30)(H,25,26,27)/t15-/m0/s1. The molecule has 3 heterocycles. The Kier molecular flexibility index (Phi) is 4.81. The van der Waals surface area contributed by atoms with Crippen LogP contribution in [0.5, 0.6) is 5.75 Å². The fraction of sp³-hybridized carbons (Fsp3) is 0.227. The van der Waals surface area contributed by atoms with E-state index < -0.39 is 11.9 Å². The maximum atomic E-state index is 13.0. The predicted octanol–water partition coefficient (Wildman–Crippen LogP) is 1.04. The number of anilines is 2. The predicted molar refractivity (Wildman–Crippen MR) is 115 cm³/mol. The number of hydrogen-bond donors (Lipinski definition) is 3. The van der Waals surface area contributed by atoms with Gasteiger partial charge in [-0.25, -0.2) is 4.98 Å². The minimum Gasteiger partial charge on any atom is -0.489 e. The summed E-state index contributed by atoms with van der Waals surface area (Å²) >= 11 is 0. The Labute approximate surface area is 183 Å². The largest absolute Gasteiger partial charge is 0.489 e. The van der Waals surface area contributed by atoms with Gasteiger partial charge in [0, 0.05) is 19.2 Å². The second-order valence-corrected chi connectivity index (χ2v) is 7.70. The van der Waals surface area contributed by atoms with Gasteiger partial charge in [-0.05, 0) is 23.3 Å². The molecule has 0 spiro atoms. The van der Waals surface area contributed by atoms with Gasteiger partial charge in [-0.2, -0.15) is 0 Å². The highest BCUT2D eigenvalue weighted by Crippen LogP contribution is 2.38. The van der Waals surface area contributed by atoms with Crippen LogP contribution in [0, 0.1) is 0 Å². The Balaban J connectivity index is 1.29. The first-order valence-electron chi connectivity index (χ1n) is 10.1. The molecule has 2 aliphatic rings. The van der Waals surface area contributed by atoms with E-state index >= 15 is 0 Å². The molecule has 1 aromatic heterocycles. The van der Waals surface area contributed by atoms with E-state index in [4.69, 9.17) is 4.74 Å². The van der Waals surface area contributed by atoms with Gasteiger partial charge in [0.1, 0.15) is 24.2 Å². The zero-order valence-electron chi connectivity index (χ0n) is 17.2. The molecule has 3 amide bonds. The monoisotopic (exact) mass is 432 g/mol. The Morgan fingerprint density at radius 2 is 2.06 bits per heavy atom. The van der Waals surface area contributed by atoms with Crippen molar-refractivity contribution in [1.82, 2.24) is 20.5 Å². The highest BCUT2D eigenvalue weighted by Gasteiger charge is 2.33. The number of likely N-dealkylation sites (N-methyl/N-ethyl adjacent to an activating group) is 1. The second kappa shape index (κ2) is 7.80. The van der Waals surface area contributed by atoms with Crippen LogP contribution in [0.2, 0.25) is 0 Å². The van der Waals surface area contributed by atoms with Crippen LogP contribution in [0.15, 0.2) is 42.5 Å². The zero-order valence-corrected chi connectivity index (χ0v) is 17.2. The van der Waals surface area contributed by atoms with Crippen LogP contribution in [0.1, 0.15) is 27.6 Å². The summed E-state index contributed by atoms with van der Waals surface area (Å²) in [6.45, 7) is -0.0522. The lowest BCUT2D eigenvalue weighted by molar-refractivity contribution is -0.120. The van der Waals surface area contributed by atoms with Gasteiger partial charge in [-0.1, -0.05) is 30.3 Å². The molecule has 162 valence electrons. The maximum Gasteiger partial charge on any atom is 0.291 e. The number of hydrogen-bond acceptors (Lipinski definition) is 6. The van der Waals surface area contributed by atoms with Gasteiger partial charge in [0.15, 0.2) is 0 Å². The molecule has 0 bridgehead atoms. The highest BCUT2D eigenvalue weighted by molar-refractivity contribution is 6.05. The number of aromatic nitrogens is 3. The van der Waals surface area contributed by atoms with E-state index in [-0.39, 0.29) is 30.7 Å². The third kappa shape index (κ3) is 3.66. The van der Waals surface area contributed by atoms with Crippen LogP contribution in [-0.4, -0.2) is 52.6 Å². The number of nitrogens with zero attached hydrogens (tertiary/aromatic N) is 3. The first kappa shape index (κ1) is 19.7. The number of fused-ring (bicyclic) bond motifs is 2. The van der Waals surface area contributed by atoms with Crippen molar-refractivity contribution in [3.8, 4) is 5.75 Å². The van der Waals surface area contributed by atoms with Crippen LogP contribution in [0.4, 0.5) is 11.4 Å². The van der Waals surface area contributed by atoms with Crippen molar-refractivity contribution in [2.75, 3.05) is 23.9 Å². The quantitative estimate of drug-likeness (QED) is 0.565. The first-order chi connectivity index (χ1) is 15.5. The lowest BCUT2D eigenvalue weighted by atomic mass is 10.1. The SMILES string of the molecule is CN1C(=O)[C@@H](NC(=O)c2n[nH]c(Cc3ccccc3)n2)COc2cc3c(cc21)NC(=O)C3. The summed E-state index contributed by atoms with van der Waals surface area (Å²) in [4.78, 5) is 43.0. The molecule has 2 aliphatic heterocycles. The molecule has 2 aromatic carbocycles. The molecule has 10 heteroatoms. The molecule has 5 rings (SSSR count). The van der Waals surface area contributed by atoms with Crippen LogP contribution < -0.4 is 20.3 Å². The number of benzene rings is 2. The van der Waals surface area contributed by atoms with E-state index in [2.05, 4.69) is 25.8 Å². The lowest BCUT2D eigenvalue weighted by Crippen LogP contribution is -2.49. The Bertz CT molecular complexity index is 1220. The number of nitrogens with one attached hydrogen (secondary N) is 3. The van der Waals surface area contributed by atoms with Gasteiger partial charge in [0.05, 0.1) is 12.1 Å². The molecule has 3 N–H and O–H groups in total. The number of carbonyl (C=O) groups is 3. The number of aromatic amines is 1. The summed E-state index contributed by atoms with van der Waals surface area (Å²) in [6, 6.07) is 12.2. The summed E-state index contributed by atoms with van der Waals surface area (Å²) in [6.07, 6.45) is 0.770. The van der Waals surface area contributed by atoms with Crippen molar-refractivity contribution < 1.29 is 19.1 Å². The first-order valence-corrected chi connectivity index (χ1v) is 10.1. The van der Waals surface area contributed by atoms with Gasteiger partial charge in [0.2, 0.25) is 11.7 Å².